The summed E-state index contributed by atoms with van der Waals surface area (Å²) in [4.78, 5) is 10.3. The molecule has 1 fully saturated rings. The van der Waals surface area contributed by atoms with Crippen molar-refractivity contribution in [3.63, 3.8) is 0 Å². The molecule has 2 aromatic heterocycles. The lowest BCUT2D eigenvalue weighted by Gasteiger charge is -2.34. The fourth-order valence-electron chi connectivity index (χ4n) is 2.74. The molecule has 21 heavy (non-hydrogen) atoms. The van der Waals surface area contributed by atoms with E-state index in [1.165, 1.54) is 18.5 Å². The van der Waals surface area contributed by atoms with Crippen LogP contribution in [-0.4, -0.2) is 44.8 Å². The average molecular weight is 289 g/mol. The lowest BCUT2D eigenvalue weighted by Crippen LogP contribution is -2.39. The van der Waals surface area contributed by atoms with Crippen molar-refractivity contribution in [1.29, 1.82) is 0 Å². The summed E-state index contributed by atoms with van der Waals surface area (Å²) in [5, 5.41) is 7.11. The Morgan fingerprint density at radius 3 is 3.24 bits per heavy atom. The SMILES string of the molecule is CCCCc1ncc(CN2CCOC[C@@H]2c2ccn[nH]2)[nH]1. The predicted molar refractivity (Wildman–Crippen MR) is 79.8 cm³/mol. The quantitative estimate of drug-likeness (QED) is 0.854. The molecular formula is C15H23N5O. The van der Waals surface area contributed by atoms with Crippen LogP contribution in [0.25, 0.3) is 0 Å². The van der Waals surface area contributed by atoms with Crippen LogP contribution in [0, 0.1) is 0 Å². The van der Waals surface area contributed by atoms with Crippen LogP contribution < -0.4 is 0 Å². The highest BCUT2D eigenvalue weighted by molar-refractivity contribution is 5.08. The summed E-state index contributed by atoms with van der Waals surface area (Å²) in [7, 11) is 0. The second-order valence-corrected chi connectivity index (χ2v) is 5.53. The van der Waals surface area contributed by atoms with Crippen molar-refractivity contribution in [1.82, 2.24) is 25.1 Å². The molecule has 3 heterocycles. The molecule has 1 aliphatic rings. The molecule has 0 aliphatic carbocycles. The van der Waals surface area contributed by atoms with E-state index in [9.17, 15) is 0 Å². The van der Waals surface area contributed by atoms with Crippen LogP contribution in [0.3, 0.4) is 0 Å². The highest BCUT2D eigenvalue weighted by atomic mass is 16.5. The summed E-state index contributed by atoms with van der Waals surface area (Å²) in [6, 6.07) is 2.26. The fraction of sp³-hybridized carbons (Fsp3) is 0.600. The number of ether oxygens (including phenoxy) is 1. The number of rotatable bonds is 6. The maximum Gasteiger partial charge on any atom is 0.106 e. The van der Waals surface area contributed by atoms with Crippen molar-refractivity contribution >= 4 is 0 Å². The predicted octanol–water partition coefficient (Wildman–Crippen LogP) is 2.05. The van der Waals surface area contributed by atoms with Crippen molar-refractivity contribution in [2.75, 3.05) is 19.8 Å². The molecular weight excluding hydrogens is 266 g/mol. The molecule has 0 saturated carbocycles. The standard InChI is InChI=1S/C15H23N5O/c1-2-3-4-15-16-9-12(18-15)10-20-7-8-21-11-14(20)13-5-6-17-19-13/h5-6,9,14H,2-4,7-8,10-11H2,1H3,(H,16,18)(H,17,19)/t14-/m1/s1. The van der Waals surface area contributed by atoms with Crippen molar-refractivity contribution in [2.24, 2.45) is 0 Å². The number of H-pyrrole nitrogens is 2. The summed E-state index contributed by atoms with van der Waals surface area (Å²) >= 11 is 0. The number of aromatic nitrogens is 4. The number of aromatic amines is 2. The average Bonchev–Trinajstić information content (AvgIpc) is 3.17. The van der Waals surface area contributed by atoms with Gasteiger partial charge in [0, 0.05) is 37.6 Å². The van der Waals surface area contributed by atoms with Gasteiger partial charge in [-0.15, -0.1) is 0 Å². The van der Waals surface area contributed by atoms with E-state index in [-0.39, 0.29) is 6.04 Å². The maximum atomic E-state index is 5.62. The molecule has 2 aromatic rings. The summed E-state index contributed by atoms with van der Waals surface area (Å²) in [5.41, 5.74) is 2.29. The molecule has 1 aliphatic heterocycles. The van der Waals surface area contributed by atoms with E-state index < -0.39 is 0 Å². The number of aryl methyl sites for hydroxylation is 1. The third kappa shape index (κ3) is 3.51. The van der Waals surface area contributed by atoms with Gasteiger partial charge in [0.25, 0.3) is 0 Å². The molecule has 3 rings (SSSR count). The third-order valence-corrected chi connectivity index (χ3v) is 3.94. The van der Waals surface area contributed by atoms with Crippen LogP contribution in [0.4, 0.5) is 0 Å². The van der Waals surface area contributed by atoms with Gasteiger partial charge in [0.2, 0.25) is 0 Å². The fourth-order valence-corrected chi connectivity index (χ4v) is 2.74. The monoisotopic (exact) mass is 289 g/mol. The first-order valence-electron chi connectivity index (χ1n) is 7.70. The molecule has 0 bridgehead atoms. The van der Waals surface area contributed by atoms with Crippen molar-refractivity contribution in [2.45, 2.75) is 38.8 Å². The first-order chi connectivity index (χ1) is 10.4. The minimum atomic E-state index is 0.239. The smallest absolute Gasteiger partial charge is 0.106 e. The highest BCUT2D eigenvalue weighted by Crippen LogP contribution is 2.23. The van der Waals surface area contributed by atoms with Gasteiger partial charge in [-0.2, -0.15) is 5.10 Å². The van der Waals surface area contributed by atoms with Gasteiger partial charge in [0.05, 0.1) is 24.9 Å². The number of nitrogens with one attached hydrogen (secondary N) is 2. The Balaban J connectivity index is 1.65. The second kappa shape index (κ2) is 6.87. The summed E-state index contributed by atoms with van der Waals surface area (Å²) < 4.78 is 5.62. The van der Waals surface area contributed by atoms with E-state index in [1.807, 2.05) is 12.3 Å². The van der Waals surface area contributed by atoms with Gasteiger partial charge in [-0.3, -0.25) is 10.00 Å². The van der Waals surface area contributed by atoms with E-state index >= 15 is 0 Å². The van der Waals surface area contributed by atoms with Crippen LogP contribution in [-0.2, 0) is 17.7 Å². The zero-order valence-electron chi connectivity index (χ0n) is 12.5. The van der Waals surface area contributed by atoms with E-state index in [0.717, 1.165) is 37.6 Å². The molecule has 0 radical (unpaired) electrons. The third-order valence-electron chi connectivity index (χ3n) is 3.94. The normalized spacial score (nSPS) is 20.0. The zero-order valence-corrected chi connectivity index (χ0v) is 12.5. The Kier molecular flexibility index (Phi) is 4.67. The van der Waals surface area contributed by atoms with Gasteiger partial charge in [0.15, 0.2) is 0 Å². The summed E-state index contributed by atoms with van der Waals surface area (Å²) in [6.45, 7) is 5.48. The van der Waals surface area contributed by atoms with Crippen molar-refractivity contribution in [3.05, 3.63) is 35.7 Å². The molecule has 1 atom stereocenters. The molecule has 1 saturated heterocycles. The largest absolute Gasteiger partial charge is 0.378 e. The van der Waals surface area contributed by atoms with Crippen molar-refractivity contribution in [3.8, 4) is 0 Å². The first-order valence-corrected chi connectivity index (χ1v) is 7.70. The lowest BCUT2D eigenvalue weighted by atomic mass is 10.1. The van der Waals surface area contributed by atoms with E-state index in [1.54, 1.807) is 6.20 Å². The molecule has 2 N–H and O–H groups in total. The van der Waals surface area contributed by atoms with Gasteiger partial charge in [0.1, 0.15) is 5.82 Å². The molecule has 6 nitrogen and oxygen atoms in total. The summed E-state index contributed by atoms with van der Waals surface area (Å²) in [6.07, 6.45) is 7.16. The van der Waals surface area contributed by atoms with Crippen LogP contribution in [0.15, 0.2) is 18.5 Å². The molecule has 0 amide bonds. The Labute approximate surface area is 124 Å². The second-order valence-electron chi connectivity index (χ2n) is 5.53. The number of nitrogens with zero attached hydrogens (tertiary/aromatic N) is 3. The van der Waals surface area contributed by atoms with Gasteiger partial charge in [-0.1, -0.05) is 13.3 Å². The zero-order chi connectivity index (χ0) is 14.5. The van der Waals surface area contributed by atoms with Gasteiger partial charge in [-0.05, 0) is 12.5 Å². The molecule has 0 spiro atoms. The summed E-state index contributed by atoms with van der Waals surface area (Å²) in [5.74, 6) is 1.10. The highest BCUT2D eigenvalue weighted by Gasteiger charge is 2.26. The number of unbranched alkanes of at least 4 members (excludes halogenated alkanes) is 1. The minimum Gasteiger partial charge on any atom is -0.378 e. The van der Waals surface area contributed by atoms with Crippen LogP contribution in [0.1, 0.15) is 43.0 Å². The maximum absolute atomic E-state index is 5.62. The van der Waals surface area contributed by atoms with Gasteiger partial charge in [-0.25, -0.2) is 4.98 Å². The van der Waals surface area contributed by atoms with E-state index in [2.05, 4.69) is 32.0 Å². The Morgan fingerprint density at radius 1 is 1.48 bits per heavy atom. The number of hydrogen-bond donors (Lipinski definition) is 2. The Bertz CT molecular complexity index is 536. The van der Waals surface area contributed by atoms with Gasteiger partial charge >= 0.3 is 0 Å². The van der Waals surface area contributed by atoms with E-state index in [4.69, 9.17) is 4.74 Å². The topological polar surface area (TPSA) is 69.8 Å². The van der Waals surface area contributed by atoms with Crippen LogP contribution in [0.2, 0.25) is 0 Å². The molecule has 6 heteroatoms. The number of imidazole rings is 1. The molecule has 0 aromatic carbocycles. The van der Waals surface area contributed by atoms with E-state index in [0.29, 0.717) is 6.61 Å². The van der Waals surface area contributed by atoms with Gasteiger partial charge < -0.3 is 9.72 Å². The van der Waals surface area contributed by atoms with Crippen molar-refractivity contribution < 1.29 is 4.74 Å². The van der Waals surface area contributed by atoms with Crippen LogP contribution in [0.5, 0.6) is 0 Å². The number of hydrogen-bond acceptors (Lipinski definition) is 4. The first kappa shape index (κ1) is 14.3. The Hall–Kier alpha value is -1.66. The minimum absolute atomic E-state index is 0.239. The van der Waals surface area contributed by atoms with Crippen LogP contribution >= 0.6 is 0 Å². The lowest BCUT2D eigenvalue weighted by molar-refractivity contribution is -0.0147. The Morgan fingerprint density at radius 2 is 2.43 bits per heavy atom. The molecule has 114 valence electrons. The molecule has 0 unspecified atom stereocenters. The number of morpholine rings is 1.